The van der Waals surface area contributed by atoms with Gasteiger partial charge >= 0.3 is 0 Å². The minimum absolute atomic E-state index is 0.684. The number of H-pyrrole nitrogens is 1. The van der Waals surface area contributed by atoms with Gasteiger partial charge in [0.25, 0.3) is 0 Å². The first kappa shape index (κ1) is 10.1. The number of nitrogens with zero attached hydrogens (tertiary/aromatic N) is 3. The summed E-state index contributed by atoms with van der Waals surface area (Å²) in [6, 6.07) is 0. The maximum atomic E-state index is 4.52. The van der Waals surface area contributed by atoms with E-state index in [4.69, 9.17) is 0 Å². The van der Waals surface area contributed by atoms with E-state index >= 15 is 0 Å². The third-order valence-electron chi connectivity index (χ3n) is 3.99. The average molecular weight is 220 g/mol. The molecule has 4 heteroatoms. The fourth-order valence-corrected chi connectivity index (χ4v) is 2.85. The van der Waals surface area contributed by atoms with Crippen molar-refractivity contribution in [1.29, 1.82) is 0 Å². The number of rotatable bonds is 1. The predicted octanol–water partition coefficient (Wildman–Crippen LogP) is 1.21. The van der Waals surface area contributed by atoms with Crippen molar-refractivity contribution < 1.29 is 0 Å². The molecule has 0 spiro atoms. The van der Waals surface area contributed by atoms with Crippen LogP contribution in [0.5, 0.6) is 0 Å². The molecule has 1 aromatic rings. The third kappa shape index (κ3) is 1.52. The molecule has 16 heavy (non-hydrogen) atoms. The molecule has 88 valence electrons. The Morgan fingerprint density at radius 3 is 2.75 bits per heavy atom. The number of aryl methyl sites for hydroxylation is 1. The topological polar surface area (TPSA) is 35.2 Å². The van der Waals surface area contributed by atoms with Crippen molar-refractivity contribution in [3.8, 4) is 0 Å². The minimum Gasteiger partial charge on any atom is -0.352 e. The van der Waals surface area contributed by atoms with E-state index < -0.39 is 0 Å². The number of piperazine rings is 1. The van der Waals surface area contributed by atoms with Gasteiger partial charge in [-0.2, -0.15) is 5.10 Å². The lowest BCUT2D eigenvalue weighted by atomic mass is 10.1. The van der Waals surface area contributed by atoms with Gasteiger partial charge in [0.2, 0.25) is 0 Å². The second kappa shape index (κ2) is 3.77. The summed E-state index contributed by atoms with van der Waals surface area (Å²) in [5.41, 5.74) is 2.87. The normalized spacial score (nSPS) is 26.1. The largest absolute Gasteiger partial charge is 0.352 e. The van der Waals surface area contributed by atoms with Crippen LogP contribution in [0.2, 0.25) is 0 Å². The van der Waals surface area contributed by atoms with Gasteiger partial charge in [-0.1, -0.05) is 6.92 Å². The molecule has 1 fully saturated rings. The number of fused-ring (bicyclic) bond motifs is 1. The van der Waals surface area contributed by atoms with Gasteiger partial charge in [-0.25, -0.2) is 0 Å². The number of aromatic nitrogens is 2. The van der Waals surface area contributed by atoms with Crippen LogP contribution in [0, 0.1) is 0 Å². The predicted molar refractivity (Wildman–Crippen MR) is 65.0 cm³/mol. The smallest absolute Gasteiger partial charge is 0.154 e. The second-order valence-electron chi connectivity index (χ2n) is 5.17. The number of hydrogen-bond donors (Lipinski definition) is 1. The van der Waals surface area contributed by atoms with Crippen molar-refractivity contribution in [3.05, 3.63) is 11.3 Å². The van der Waals surface area contributed by atoms with E-state index in [0.717, 1.165) is 26.2 Å². The second-order valence-corrected chi connectivity index (χ2v) is 5.17. The molecular weight excluding hydrogens is 200 g/mol. The van der Waals surface area contributed by atoms with Crippen LogP contribution in [-0.4, -0.2) is 48.3 Å². The lowest BCUT2D eigenvalue weighted by Crippen LogP contribution is -2.45. The Kier molecular flexibility index (Phi) is 2.39. The van der Waals surface area contributed by atoms with E-state index in [1.165, 1.54) is 29.9 Å². The Morgan fingerprint density at radius 1 is 1.25 bits per heavy atom. The number of hydrogen-bond acceptors (Lipinski definition) is 3. The molecule has 2 heterocycles. The van der Waals surface area contributed by atoms with Crippen molar-refractivity contribution >= 4 is 5.82 Å². The summed E-state index contributed by atoms with van der Waals surface area (Å²) in [6.07, 6.45) is 2.46. The van der Waals surface area contributed by atoms with Gasteiger partial charge in [-0.15, -0.1) is 0 Å². The monoisotopic (exact) mass is 220 g/mol. The highest BCUT2D eigenvalue weighted by molar-refractivity contribution is 5.53. The van der Waals surface area contributed by atoms with E-state index in [9.17, 15) is 0 Å². The van der Waals surface area contributed by atoms with Gasteiger partial charge in [-0.3, -0.25) is 5.10 Å². The van der Waals surface area contributed by atoms with E-state index in [2.05, 4.69) is 34.0 Å². The van der Waals surface area contributed by atoms with Crippen molar-refractivity contribution in [2.24, 2.45) is 0 Å². The standard InChI is InChI=1S/C12H20N4/c1-9-3-4-10-11(9)12(14-13-10)16-7-5-15(2)6-8-16/h9H,3-8H2,1-2H3,(H,13,14)/t9-/m1/s1. The molecule has 1 N–H and O–H groups in total. The highest BCUT2D eigenvalue weighted by atomic mass is 15.3. The van der Waals surface area contributed by atoms with E-state index in [1.807, 2.05) is 0 Å². The summed E-state index contributed by atoms with van der Waals surface area (Å²) in [6.45, 7) is 6.84. The molecule has 0 radical (unpaired) electrons. The van der Waals surface area contributed by atoms with Crippen LogP contribution in [-0.2, 0) is 6.42 Å². The van der Waals surface area contributed by atoms with Crippen LogP contribution < -0.4 is 4.90 Å². The Balaban J connectivity index is 1.85. The number of likely N-dealkylation sites (N-methyl/N-ethyl adjacent to an activating group) is 1. The van der Waals surface area contributed by atoms with Crippen molar-refractivity contribution in [2.75, 3.05) is 38.1 Å². The lowest BCUT2D eigenvalue weighted by Gasteiger charge is -2.33. The fourth-order valence-electron chi connectivity index (χ4n) is 2.85. The first-order valence-electron chi connectivity index (χ1n) is 6.26. The SMILES string of the molecule is C[C@@H]1CCc2[nH]nc(N3CCN(C)CC3)c21. The minimum atomic E-state index is 0.684. The maximum Gasteiger partial charge on any atom is 0.154 e. The molecule has 1 aromatic heterocycles. The van der Waals surface area contributed by atoms with E-state index in [1.54, 1.807) is 0 Å². The lowest BCUT2D eigenvalue weighted by molar-refractivity contribution is 0.311. The number of nitrogens with one attached hydrogen (secondary N) is 1. The van der Waals surface area contributed by atoms with Crippen LogP contribution >= 0.6 is 0 Å². The molecule has 0 amide bonds. The molecule has 2 aliphatic rings. The zero-order chi connectivity index (χ0) is 11.1. The fraction of sp³-hybridized carbons (Fsp3) is 0.750. The van der Waals surface area contributed by atoms with Crippen LogP contribution in [0.15, 0.2) is 0 Å². The zero-order valence-electron chi connectivity index (χ0n) is 10.2. The first-order valence-corrected chi connectivity index (χ1v) is 6.26. The summed E-state index contributed by atoms with van der Waals surface area (Å²) < 4.78 is 0. The summed E-state index contributed by atoms with van der Waals surface area (Å²) in [5.74, 6) is 1.91. The van der Waals surface area contributed by atoms with E-state index in [-0.39, 0.29) is 0 Å². The molecule has 0 saturated carbocycles. The number of aromatic amines is 1. The highest BCUT2D eigenvalue weighted by Crippen LogP contribution is 2.37. The van der Waals surface area contributed by atoms with Gasteiger partial charge in [-0.05, 0) is 25.8 Å². The van der Waals surface area contributed by atoms with Crippen molar-refractivity contribution in [3.63, 3.8) is 0 Å². The molecule has 0 bridgehead atoms. The molecule has 3 rings (SSSR count). The Morgan fingerprint density at radius 2 is 2.00 bits per heavy atom. The maximum absolute atomic E-state index is 4.52. The Bertz CT molecular complexity index is 376. The molecule has 0 aromatic carbocycles. The summed E-state index contributed by atoms with van der Waals surface area (Å²) in [5, 5.41) is 7.74. The van der Waals surface area contributed by atoms with Gasteiger partial charge in [0, 0.05) is 37.4 Å². The molecule has 4 nitrogen and oxygen atoms in total. The quantitative estimate of drug-likeness (QED) is 0.772. The molecule has 1 saturated heterocycles. The van der Waals surface area contributed by atoms with Crippen LogP contribution in [0.25, 0.3) is 0 Å². The molecule has 1 atom stereocenters. The van der Waals surface area contributed by atoms with Gasteiger partial charge in [0.15, 0.2) is 5.82 Å². The summed E-state index contributed by atoms with van der Waals surface area (Å²) in [4.78, 5) is 4.82. The molecule has 1 aliphatic heterocycles. The zero-order valence-corrected chi connectivity index (χ0v) is 10.2. The highest BCUT2D eigenvalue weighted by Gasteiger charge is 2.28. The van der Waals surface area contributed by atoms with Gasteiger partial charge in [0.05, 0.1) is 0 Å². The van der Waals surface area contributed by atoms with Crippen molar-refractivity contribution in [2.45, 2.75) is 25.7 Å². The molecule has 0 unspecified atom stereocenters. The summed E-state index contributed by atoms with van der Waals surface area (Å²) >= 11 is 0. The van der Waals surface area contributed by atoms with Crippen LogP contribution in [0.3, 0.4) is 0 Å². The summed E-state index contributed by atoms with van der Waals surface area (Å²) in [7, 11) is 2.19. The van der Waals surface area contributed by atoms with Crippen LogP contribution in [0.4, 0.5) is 5.82 Å². The Hall–Kier alpha value is -1.03. The van der Waals surface area contributed by atoms with Crippen LogP contribution in [0.1, 0.15) is 30.5 Å². The Labute approximate surface area is 96.6 Å². The van der Waals surface area contributed by atoms with Gasteiger partial charge in [0.1, 0.15) is 0 Å². The third-order valence-corrected chi connectivity index (χ3v) is 3.99. The number of anilines is 1. The first-order chi connectivity index (χ1) is 7.75. The van der Waals surface area contributed by atoms with E-state index in [0.29, 0.717) is 5.92 Å². The van der Waals surface area contributed by atoms with Gasteiger partial charge < -0.3 is 9.80 Å². The molecular formula is C12H20N4. The average Bonchev–Trinajstić information content (AvgIpc) is 2.84. The van der Waals surface area contributed by atoms with Crippen molar-refractivity contribution in [1.82, 2.24) is 15.1 Å². The molecule has 1 aliphatic carbocycles.